The maximum absolute atomic E-state index is 13.0. The van der Waals surface area contributed by atoms with E-state index in [1.54, 1.807) is 14.0 Å². The molecule has 0 bridgehead atoms. The number of nitrogens with one attached hydrogen (secondary N) is 2. The number of carbonyl (C=O) groups excluding carboxylic acids is 2. The number of hydrogen-bond acceptors (Lipinski definition) is 4. The number of hydrogen-bond donors (Lipinski definition) is 3. The number of carboxylic acid groups (broad SMARTS) is 1. The molecule has 2 amide bonds. The molecule has 3 atom stereocenters. The van der Waals surface area contributed by atoms with Crippen molar-refractivity contribution in [3.8, 4) is 0 Å². The Morgan fingerprint density at radius 2 is 1.75 bits per heavy atom. The number of amides is 2. The van der Waals surface area contributed by atoms with Gasteiger partial charge in [0.25, 0.3) is 0 Å². The number of carboxylic acids is 1. The molecule has 7 heteroatoms. The zero-order chi connectivity index (χ0) is 17.7. The Morgan fingerprint density at radius 3 is 2.33 bits per heavy atom. The van der Waals surface area contributed by atoms with Crippen LogP contribution in [0.25, 0.3) is 0 Å². The maximum atomic E-state index is 13.0. The van der Waals surface area contributed by atoms with Gasteiger partial charge in [0.2, 0.25) is 11.8 Å². The molecular formula is C17H29N3O4. The number of carbonyl (C=O) groups is 3. The summed E-state index contributed by atoms with van der Waals surface area (Å²) in [4.78, 5) is 38.2. The largest absolute Gasteiger partial charge is 0.480 e. The zero-order valence-corrected chi connectivity index (χ0v) is 14.6. The molecule has 1 saturated carbocycles. The molecule has 24 heavy (non-hydrogen) atoms. The van der Waals surface area contributed by atoms with E-state index < -0.39 is 24.1 Å². The Kier molecular flexibility index (Phi) is 6.60. The van der Waals surface area contributed by atoms with E-state index in [4.69, 9.17) is 0 Å². The van der Waals surface area contributed by atoms with Crippen LogP contribution in [0.15, 0.2) is 0 Å². The Hall–Kier alpha value is -1.63. The Labute approximate surface area is 143 Å². The van der Waals surface area contributed by atoms with Crippen LogP contribution in [-0.4, -0.2) is 59.5 Å². The SMILES string of the molecule is CN[C@@H](C)C(=O)N[C@H](C(=O)N1CCCC1C(=O)O)C1CCCCC1. The fourth-order valence-corrected chi connectivity index (χ4v) is 3.72. The van der Waals surface area contributed by atoms with Crippen molar-refractivity contribution in [1.29, 1.82) is 0 Å². The minimum Gasteiger partial charge on any atom is -0.480 e. The molecule has 1 heterocycles. The molecule has 0 radical (unpaired) electrons. The molecule has 0 aromatic carbocycles. The lowest BCUT2D eigenvalue weighted by Gasteiger charge is -2.34. The normalized spacial score (nSPS) is 24.4. The fourth-order valence-electron chi connectivity index (χ4n) is 3.72. The van der Waals surface area contributed by atoms with Crippen LogP contribution in [-0.2, 0) is 14.4 Å². The number of likely N-dealkylation sites (tertiary alicyclic amines) is 1. The van der Waals surface area contributed by atoms with Crippen LogP contribution in [0.4, 0.5) is 0 Å². The predicted octanol–water partition coefficient (Wildman–Crippen LogP) is 0.735. The maximum Gasteiger partial charge on any atom is 0.326 e. The van der Waals surface area contributed by atoms with E-state index in [-0.39, 0.29) is 17.7 Å². The second-order valence-electron chi connectivity index (χ2n) is 6.92. The molecule has 0 spiro atoms. The molecular weight excluding hydrogens is 310 g/mol. The van der Waals surface area contributed by atoms with E-state index in [1.807, 2.05) is 0 Å². The highest BCUT2D eigenvalue weighted by atomic mass is 16.4. The fraction of sp³-hybridized carbons (Fsp3) is 0.824. The first-order valence-corrected chi connectivity index (χ1v) is 8.96. The van der Waals surface area contributed by atoms with Crippen LogP contribution in [0, 0.1) is 5.92 Å². The van der Waals surface area contributed by atoms with E-state index in [9.17, 15) is 19.5 Å². The van der Waals surface area contributed by atoms with Gasteiger partial charge < -0.3 is 20.6 Å². The summed E-state index contributed by atoms with van der Waals surface area (Å²) < 4.78 is 0. The molecule has 0 aromatic heterocycles. The van der Waals surface area contributed by atoms with Crippen molar-refractivity contribution in [1.82, 2.24) is 15.5 Å². The van der Waals surface area contributed by atoms with Crippen LogP contribution < -0.4 is 10.6 Å². The summed E-state index contributed by atoms with van der Waals surface area (Å²) in [5.74, 6) is -1.32. The molecule has 0 aromatic rings. The third-order valence-electron chi connectivity index (χ3n) is 5.33. The van der Waals surface area contributed by atoms with Gasteiger partial charge in [-0.1, -0.05) is 19.3 Å². The second-order valence-corrected chi connectivity index (χ2v) is 6.92. The highest BCUT2D eigenvalue weighted by Crippen LogP contribution is 2.29. The molecule has 2 fully saturated rings. The average Bonchev–Trinajstić information content (AvgIpc) is 3.09. The van der Waals surface area contributed by atoms with Crippen LogP contribution in [0.3, 0.4) is 0 Å². The van der Waals surface area contributed by atoms with Gasteiger partial charge in [0.15, 0.2) is 0 Å². The second kappa shape index (κ2) is 8.46. The smallest absolute Gasteiger partial charge is 0.326 e. The minimum absolute atomic E-state index is 0.0919. The lowest BCUT2D eigenvalue weighted by molar-refractivity contribution is -0.150. The van der Waals surface area contributed by atoms with Crippen LogP contribution in [0.5, 0.6) is 0 Å². The van der Waals surface area contributed by atoms with E-state index in [0.29, 0.717) is 19.4 Å². The molecule has 2 aliphatic rings. The highest BCUT2D eigenvalue weighted by molar-refractivity contribution is 5.92. The lowest BCUT2D eigenvalue weighted by atomic mass is 9.83. The van der Waals surface area contributed by atoms with Crippen molar-refractivity contribution in [2.45, 2.75) is 70.0 Å². The zero-order valence-electron chi connectivity index (χ0n) is 14.6. The summed E-state index contributed by atoms with van der Waals surface area (Å²) in [7, 11) is 1.70. The summed E-state index contributed by atoms with van der Waals surface area (Å²) in [5, 5.41) is 15.1. The minimum atomic E-state index is -0.960. The van der Waals surface area contributed by atoms with E-state index in [0.717, 1.165) is 32.1 Å². The van der Waals surface area contributed by atoms with Gasteiger partial charge >= 0.3 is 5.97 Å². The van der Waals surface area contributed by atoms with Crippen molar-refractivity contribution in [2.24, 2.45) is 5.92 Å². The van der Waals surface area contributed by atoms with E-state index in [1.165, 1.54) is 4.90 Å². The van der Waals surface area contributed by atoms with Crippen LogP contribution in [0.2, 0.25) is 0 Å². The molecule has 1 aliphatic heterocycles. The van der Waals surface area contributed by atoms with Gasteiger partial charge in [-0.2, -0.15) is 0 Å². The summed E-state index contributed by atoms with van der Waals surface area (Å²) >= 11 is 0. The predicted molar refractivity (Wildman–Crippen MR) is 89.4 cm³/mol. The summed E-state index contributed by atoms with van der Waals surface area (Å²) in [6.45, 7) is 2.20. The Morgan fingerprint density at radius 1 is 1.08 bits per heavy atom. The molecule has 1 aliphatic carbocycles. The molecule has 7 nitrogen and oxygen atoms in total. The van der Waals surface area contributed by atoms with Gasteiger partial charge in [0.05, 0.1) is 6.04 Å². The summed E-state index contributed by atoms with van der Waals surface area (Å²) in [6.07, 6.45) is 6.23. The van der Waals surface area contributed by atoms with Gasteiger partial charge in [-0.15, -0.1) is 0 Å². The van der Waals surface area contributed by atoms with E-state index in [2.05, 4.69) is 10.6 Å². The quantitative estimate of drug-likeness (QED) is 0.663. The average molecular weight is 339 g/mol. The Bertz CT molecular complexity index is 476. The first-order valence-electron chi connectivity index (χ1n) is 8.96. The number of rotatable bonds is 6. The van der Waals surface area contributed by atoms with Gasteiger partial charge in [-0.3, -0.25) is 9.59 Å². The van der Waals surface area contributed by atoms with Crippen molar-refractivity contribution in [3.05, 3.63) is 0 Å². The van der Waals surface area contributed by atoms with E-state index >= 15 is 0 Å². The first-order chi connectivity index (χ1) is 11.5. The Balaban J connectivity index is 2.15. The molecule has 136 valence electrons. The monoisotopic (exact) mass is 339 g/mol. The number of nitrogens with zero attached hydrogens (tertiary/aromatic N) is 1. The number of aliphatic carboxylic acids is 1. The van der Waals surface area contributed by atoms with Crippen LogP contribution in [0.1, 0.15) is 51.9 Å². The topological polar surface area (TPSA) is 98.7 Å². The highest BCUT2D eigenvalue weighted by Gasteiger charge is 2.40. The van der Waals surface area contributed by atoms with Gasteiger partial charge in [-0.05, 0) is 45.6 Å². The van der Waals surface area contributed by atoms with Crippen molar-refractivity contribution in [3.63, 3.8) is 0 Å². The van der Waals surface area contributed by atoms with Crippen molar-refractivity contribution >= 4 is 17.8 Å². The summed E-state index contributed by atoms with van der Waals surface area (Å²) in [5.41, 5.74) is 0. The standard InChI is InChI=1S/C17H29N3O4/c1-11(18-2)15(21)19-14(12-7-4-3-5-8-12)16(22)20-10-6-9-13(20)17(23)24/h11-14,18H,3-10H2,1-2H3,(H,19,21)(H,23,24)/t11-,13?,14-/m0/s1. The van der Waals surface area contributed by atoms with Crippen LogP contribution >= 0.6 is 0 Å². The van der Waals surface area contributed by atoms with Gasteiger partial charge in [0, 0.05) is 6.54 Å². The van der Waals surface area contributed by atoms with Crippen molar-refractivity contribution < 1.29 is 19.5 Å². The number of likely N-dealkylation sites (N-methyl/N-ethyl adjacent to an activating group) is 1. The summed E-state index contributed by atoms with van der Waals surface area (Å²) in [6, 6.07) is -1.77. The third-order valence-corrected chi connectivity index (χ3v) is 5.33. The first kappa shape index (κ1) is 18.7. The van der Waals surface area contributed by atoms with Gasteiger partial charge in [0.1, 0.15) is 12.1 Å². The molecule has 1 unspecified atom stereocenters. The third kappa shape index (κ3) is 4.26. The molecule has 3 N–H and O–H groups in total. The van der Waals surface area contributed by atoms with Crippen molar-refractivity contribution in [2.75, 3.05) is 13.6 Å². The lowest BCUT2D eigenvalue weighted by Crippen LogP contribution is -2.57. The van der Waals surface area contributed by atoms with Gasteiger partial charge in [-0.25, -0.2) is 4.79 Å². The molecule has 1 saturated heterocycles. The molecule has 2 rings (SSSR count).